The predicted octanol–water partition coefficient (Wildman–Crippen LogP) is 2.32. The van der Waals surface area contributed by atoms with Crippen LogP contribution in [0.2, 0.25) is 0 Å². The van der Waals surface area contributed by atoms with Gasteiger partial charge >= 0.3 is 0 Å². The first kappa shape index (κ1) is 15.2. The molecule has 7 heteroatoms. The Hall–Kier alpha value is -2.38. The van der Waals surface area contributed by atoms with Crippen molar-refractivity contribution in [2.75, 3.05) is 6.54 Å². The van der Waals surface area contributed by atoms with Crippen LogP contribution in [0.15, 0.2) is 42.9 Å². The number of aromatic nitrogens is 3. The molecule has 0 unspecified atom stereocenters. The number of β-amino-alcohol motifs (C(OH)–C–C–N with tert-alkyl or cyclic N) is 1. The van der Waals surface area contributed by atoms with E-state index in [0.29, 0.717) is 30.9 Å². The fraction of sp³-hybridized carbons (Fsp3) is 0.294. The number of rotatable bonds is 3. The van der Waals surface area contributed by atoms with Crippen LogP contribution in [0, 0.1) is 11.6 Å². The monoisotopic (exact) mass is 330 g/mol. The van der Waals surface area contributed by atoms with E-state index in [1.54, 1.807) is 12.3 Å². The van der Waals surface area contributed by atoms with Gasteiger partial charge in [-0.05, 0) is 30.2 Å². The molecule has 124 valence electrons. The molecule has 0 amide bonds. The summed E-state index contributed by atoms with van der Waals surface area (Å²) in [6, 6.07) is 5.55. The van der Waals surface area contributed by atoms with E-state index in [2.05, 4.69) is 9.97 Å². The average molecular weight is 330 g/mol. The topological polar surface area (TPSA) is 53.7 Å². The lowest BCUT2D eigenvalue weighted by molar-refractivity contribution is 0.172. The van der Waals surface area contributed by atoms with E-state index < -0.39 is 17.7 Å². The molecule has 0 radical (unpaired) electrons. The fourth-order valence-electron chi connectivity index (χ4n) is 3.28. The Balaban J connectivity index is 1.61. The number of benzene rings is 1. The summed E-state index contributed by atoms with van der Waals surface area (Å²) in [4.78, 5) is 10.7. The zero-order valence-corrected chi connectivity index (χ0v) is 12.8. The molecule has 1 N–H and O–H groups in total. The van der Waals surface area contributed by atoms with Gasteiger partial charge in [0.05, 0.1) is 11.8 Å². The summed E-state index contributed by atoms with van der Waals surface area (Å²) in [6.07, 6.45) is 5.41. The molecule has 0 spiro atoms. The lowest BCUT2D eigenvalue weighted by Crippen LogP contribution is -2.24. The molecule has 3 heterocycles. The number of nitrogens with zero attached hydrogens (tertiary/aromatic N) is 4. The van der Waals surface area contributed by atoms with Crippen LogP contribution in [-0.4, -0.2) is 37.0 Å². The molecule has 24 heavy (non-hydrogen) atoms. The summed E-state index contributed by atoms with van der Waals surface area (Å²) in [5.41, 5.74) is 1.47. The van der Waals surface area contributed by atoms with Gasteiger partial charge in [-0.2, -0.15) is 0 Å². The second kappa shape index (κ2) is 5.92. The zero-order valence-electron chi connectivity index (χ0n) is 12.8. The second-order valence-corrected chi connectivity index (χ2v) is 6.07. The van der Waals surface area contributed by atoms with Gasteiger partial charge in [0, 0.05) is 37.7 Å². The highest BCUT2D eigenvalue weighted by atomic mass is 19.2. The third kappa shape index (κ3) is 2.76. The maximum Gasteiger partial charge on any atom is 0.233 e. The molecule has 1 aliphatic rings. The molecular weight excluding hydrogens is 314 g/mol. The van der Waals surface area contributed by atoms with Gasteiger partial charge in [0.15, 0.2) is 11.6 Å². The Morgan fingerprint density at radius 2 is 2.12 bits per heavy atom. The first-order valence-electron chi connectivity index (χ1n) is 7.76. The maximum atomic E-state index is 13.5. The summed E-state index contributed by atoms with van der Waals surface area (Å²) in [7, 11) is 0. The number of aliphatic hydroxyl groups excluding tert-OH is 1. The van der Waals surface area contributed by atoms with E-state index in [1.807, 2.05) is 27.8 Å². The number of hydrogen-bond donors (Lipinski definition) is 1. The van der Waals surface area contributed by atoms with Gasteiger partial charge < -0.3 is 5.11 Å². The number of aliphatic hydroxyl groups is 1. The Morgan fingerprint density at radius 1 is 1.25 bits per heavy atom. The van der Waals surface area contributed by atoms with Crippen molar-refractivity contribution in [3.63, 3.8) is 0 Å². The molecule has 2 aromatic heterocycles. The van der Waals surface area contributed by atoms with Crippen molar-refractivity contribution in [3.8, 4) is 0 Å². The molecule has 3 aromatic rings. The first-order valence-corrected chi connectivity index (χ1v) is 7.76. The predicted molar refractivity (Wildman–Crippen MR) is 83.1 cm³/mol. The van der Waals surface area contributed by atoms with Gasteiger partial charge in [-0.15, -0.1) is 0 Å². The van der Waals surface area contributed by atoms with Crippen molar-refractivity contribution >= 4 is 5.78 Å². The van der Waals surface area contributed by atoms with Crippen LogP contribution in [0.3, 0.4) is 0 Å². The molecule has 4 rings (SSSR count). The minimum atomic E-state index is -0.870. The highest BCUT2D eigenvalue weighted by Crippen LogP contribution is 2.33. The van der Waals surface area contributed by atoms with Gasteiger partial charge in [-0.3, -0.25) is 9.30 Å². The standard InChI is InChI=1S/C17H16F2N4O/c18-14-3-2-11(6-15(14)19)16-7-13(24)10-23(16)9-12-8-22-5-1-4-20-17(22)21-12/h1-6,8,13,16,24H,7,9-10H2/t13-,16+/m1/s1. The zero-order chi connectivity index (χ0) is 16.7. The Kier molecular flexibility index (Phi) is 3.74. The van der Waals surface area contributed by atoms with E-state index in [0.717, 1.165) is 11.8 Å². The van der Waals surface area contributed by atoms with Crippen molar-refractivity contribution in [2.24, 2.45) is 0 Å². The van der Waals surface area contributed by atoms with Crippen LogP contribution in [0.5, 0.6) is 0 Å². The number of imidazole rings is 1. The molecule has 1 saturated heterocycles. The van der Waals surface area contributed by atoms with E-state index in [1.165, 1.54) is 6.07 Å². The molecule has 0 saturated carbocycles. The Bertz CT molecular complexity index is 849. The molecule has 1 fully saturated rings. The third-order valence-electron chi connectivity index (χ3n) is 4.36. The van der Waals surface area contributed by atoms with E-state index in [4.69, 9.17) is 0 Å². The smallest absolute Gasteiger partial charge is 0.233 e. The van der Waals surface area contributed by atoms with Crippen molar-refractivity contribution in [2.45, 2.75) is 25.1 Å². The highest BCUT2D eigenvalue weighted by molar-refractivity contribution is 5.30. The summed E-state index contributed by atoms with van der Waals surface area (Å²) in [6.45, 7) is 0.967. The van der Waals surface area contributed by atoms with Crippen molar-refractivity contribution in [3.05, 3.63) is 65.7 Å². The van der Waals surface area contributed by atoms with Gasteiger partial charge in [0.25, 0.3) is 0 Å². The Labute approximate surface area is 137 Å². The highest BCUT2D eigenvalue weighted by Gasteiger charge is 2.32. The van der Waals surface area contributed by atoms with Crippen molar-refractivity contribution < 1.29 is 13.9 Å². The fourth-order valence-corrected chi connectivity index (χ4v) is 3.28. The van der Waals surface area contributed by atoms with Gasteiger partial charge in [-0.1, -0.05) is 6.07 Å². The molecule has 1 aromatic carbocycles. The largest absolute Gasteiger partial charge is 0.392 e. The van der Waals surface area contributed by atoms with Crippen molar-refractivity contribution in [1.29, 1.82) is 0 Å². The summed E-state index contributed by atoms with van der Waals surface area (Å²) in [5, 5.41) is 10.0. The summed E-state index contributed by atoms with van der Waals surface area (Å²) >= 11 is 0. The van der Waals surface area contributed by atoms with Crippen LogP contribution >= 0.6 is 0 Å². The number of fused-ring (bicyclic) bond motifs is 1. The average Bonchev–Trinajstić information content (AvgIpc) is 3.13. The molecule has 0 bridgehead atoms. The lowest BCUT2D eigenvalue weighted by atomic mass is 10.0. The SMILES string of the molecule is O[C@@H]1C[C@@H](c2ccc(F)c(F)c2)N(Cc2cn3cccnc3n2)C1. The van der Waals surface area contributed by atoms with E-state index in [-0.39, 0.29) is 6.04 Å². The first-order chi connectivity index (χ1) is 11.6. The summed E-state index contributed by atoms with van der Waals surface area (Å²) in [5.74, 6) is -1.13. The number of likely N-dealkylation sites (tertiary alicyclic amines) is 1. The van der Waals surface area contributed by atoms with Crippen LogP contribution < -0.4 is 0 Å². The van der Waals surface area contributed by atoms with E-state index >= 15 is 0 Å². The van der Waals surface area contributed by atoms with Crippen LogP contribution in [0.4, 0.5) is 8.78 Å². The van der Waals surface area contributed by atoms with Crippen molar-refractivity contribution in [1.82, 2.24) is 19.3 Å². The summed E-state index contributed by atoms with van der Waals surface area (Å²) < 4.78 is 28.5. The quantitative estimate of drug-likeness (QED) is 0.801. The minimum absolute atomic E-state index is 0.173. The van der Waals surface area contributed by atoms with Gasteiger partial charge in [-0.25, -0.2) is 18.7 Å². The van der Waals surface area contributed by atoms with Crippen LogP contribution in [-0.2, 0) is 6.54 Å². The molecule has 0 aliphatic carbocycles. The third-order valence-corrected chi connectivity index (χ3v) is 4.36. The number of halogens is 2. The Morgan fingerprint density at radius 3 is 2.92 bits per heavy atom. The molecule has 1 aliphatic heterocycles. The van der Waals surface area contributed by atoms with Crippen LogP contribution in [0.25, 0.3) is 5.78 Å². The van der Waals surface area contributed by atoms with E-state index in [9.17, 15) is 13.9 Å². The number of hydrogen-bond acceptors (Lipinski definition) is 4. The lowest BCUT2D eigenvalue weighted by Gasteiger charge is -2.23. The van der Waals surface area contributed by atoms with Crippen LogP contribution in [0.1, 0.15) is 23.7 Å². The van der Waals surface area contributed by atoms with Gasteiger partial charge in [0.2, 0.25) is 5.78 Å². The second-order valence-electron chi connectivity index (χ2n) is 6.07. The van der Waals surface area contributed by atoms with Gasteiger partial charge in [0.1, 0.15) is 0 Å². The normalized spacial score (nSPS) is 21.6. The molecular formula is C17H16F2N4O. The minimum Gasteiger partial charge on any atom is -0.392 e. The molecule has 2 atom stereocenters. The molecule has 5 nitrogen and oxygen atoms in total. The maximum absolute atomic E-state index is 13.5.